The van der Waals surface area contributed by atoms with E-state index >= 15 is 0 Å². The van der Waals surface area contributed by atoms with Crippen LogP contribution >= 0.6 is 0 Å². The number of aliphatic hydroxyl groups excluding tert-OH is 1. The van der Waals surface area contributed by atoms with E-state index in [1.807, 2.05) is 13.8 Å². The van der Waals surface area contributed by atoms with Crippen molar-refractivity contribution in [2.24, 2.45) is 5.92 Å². The fraction of sp³-hybridized carbons (Fsp3) is 0.462. The van der Waals surface area contributed by atoms with Crippen molar-refractivity contribution in [3.8, 4) is 11.5 Å². The number of carbonyl (C=O) groups is 1. The number of hydrogen-bond donors (Lipinski definition) is 3. The fourth-order valence-electron chi connectivity index (χ4n) is 1.51. The molecule has 0 aliphatic carbocycles. The monoisotopic (exact) mass is 253 g/mol. The lowest BCUT2D eigenvalue weighted by Crippen LogP contribution is -2.41. The molecule has 3 N–H and O–H groups in total. The third-order valence-corrected chi connectivity index (χ3v) is 2.76. The number of ether oxygens (including phenoxy) is 1. The van der Waals surface area contributed by atoms with Crippen LogP contribution in [-0.4, -0.2) is 35.9 Å². The summed E-state index contributed by atoms with van der Waals surface area (Å²) in [5.74, 6) is 0.0239. The van der Waals surface area contributed by atoms with Crippen LogP contribution in [0, 0.1) is 5.92 Å². The van der Waals surface area contributed by atoms with Gasteiger partial charge in [-0.3, -0.25) is 4.79 Å². The molecule has 5 nitrogen and oxygen atoms in total. The summed E-state index contributed by atoms with van der Waals surface area (Å²) in [5, 5.41) is 21.4. The first-order valence-electron chi connectivity index (χ1n) is 5.78. The first kappa shape index (κ1) is 14.3. The zero-order valence-corrected chi connectivity index (χ0v) is 10.8. The van der Waals surface area contributed by atoms with E-state index < -0.39 is 0 Å². The van der Waals surface area contributed by atoms with Crippen molar-refractivity contribution in [1.82, 2.24) is 5.32 Å². The van der Waals surface area contributed by atoms with Gasteiger partial charge in [-0.25, -0.2) is 0 Å². The van der Waals surface area contributed by atoms with E-state index in [-0.39, 0.29) is 30.2 Å². The highest BCUT2D eigenvalue weighted by atomic mass is 16.5. The lowest BCUT2D eigenvalue weighted by molar-refractivity contribution is 0.0896. The number of nitrogens with one attached hydrogen (secondary N) is 1. The Morgan fingerprint density at radius 2 is 2.11 bits per heavy atom. The highest BCUT2D eigenvalue weighted by Crippen LogP contribution is 2.26. The van der Waals surface area contributed by atoms with Gasteiger partial charge < -0.3 is 20.3 Å². The van der Waals surface area contributed by atoms with E-state index in [2.05, 4.69) is 5.32 Å². The van der Waals surface area contributed by atoms with Gasteiger partial charge in [-0.15, -0.1) is 0 Å². The van der Waals surface area contributed by atoms with Gasteiger partial charge in [0.15, 0.2) is 11.5 Å². The SMILES string of the molecule is COc1ccc(C(=O)N[C@H](CO)C(C)C)cc1O. The van der Waals surface area contributed by atoms with Crippen LogP contribution in [0.25, 0.3) is 0 Å². The van der Waals surface area contributed by atoms with Crippen molar-refractivity contribution >= 4 is 5.91 Å². The number of carbonyl (C=O) groups excluding carboxylic acids is 1. The van der Waals surface area contributed by atoms with E-state index in [1.54, 1.807) is 6.07 Å². The van der Waals surface area contributed by atoms with Crippen LogP contribution in [0.1, 0.15) is 24.2 Å². The summed E-state index contributed by atoms with van der Waals surface area (Å²) < 4.78 is 4.90. The number of aromatic hydroxyl groups is 1. The lowest BCUT2D eigenvalue weighted by atomic mass is 10.0. The normalized spacial score (nSPS) is 12.3. The molecular formula is C13H19NO4. The van der Waals surface area contributed by atoms with E-state index in [1.165, 1.54) is 19.2 Å². The molecule has 1 amide bonds. The minimum absolute atomic E-state index is 0.0877. The summed E-state index contributed by atoms with van der Waals surface area (Å²) in [7, 11) is 1.44. The van der Waals surface area contributed by atoms with Crippen molar-refractivity contribution in [3.05, 3.63) is 23.8 Å². The van der Waals surface area contributed by atoms with Crippen LogP contribution in [0.5, 0.6) is 11.5 Å². The average molecular weight is 253 g/mol. The zero-order valence-electron chi connectivity index (χ0n) is 10.8. The van der Waals surface area contributed by atoms with Crippen LogP contribution in [0.3, 0.4) is 0 Å². The Bertz CT molecular complexity index is 417. The van der Waals surface area contributed by atoms with Gasteiger partial charge in [0, 0.05) is 5.56 Å². The maximum absolute atomic E-state index is 11.9. The molecule has 0 aromatic heterocycles. The number of methoxy groups -OCH3 is 1. The molecule has 0 aliphatic heterocycles. The summed E-state index contributed by atoms with van der Waals surface area (Å²) >= 11 is 0. The summed E-state index contributed by atoms with van der Waals surface area (Å²) in [4.78, 5) is 11.9. The molecule has 1 rings (SSSR count). The van der Waals surface area contributed by atoms with E-state index in [9.17, 15) is 9.90 Å². The molecule has 0 fully saturated rings. The highest BCUT2D eigenvalue weighted by molar-refractivity contribution is 5.95. The number of rotatable bonds is 5. The van der Waals surface area contributed by atoms with E-state index in [0.717, 1.165) is 0 Å². The summed E-state index contributed by atoms with van der Waals surface area (Å²) in [6, 6.07) is 4.11. The van der Waals surface area contributed by atoms with Gasteiger partial charge in [0.1, 0.15) is 0 Å². The molecule has 100 valence electrons. The lowest BCUT2D eigenvalue weighted by Gasteiger charge is -2.20. The number of hydrogen-bond acceptors (Lipinski definition) is 4. The minimum atomic E-state index is -0.333. The van der Waals surface area contributed by atoms with Gasteiger partial charge in [0.25, 0.3) is 5.91 Å². The van der Waals surface area contributed by atoms with Crippen molar-refractivity contribution in [2.75, 3.05) is 13.7 Å². The molecule has 18 heavy (non-hydrogen) atoms. The van der Waals surface area contributed by atoms with Crippen molar-refractivity contribution < 1.29 is 19.7 Å². The van der Waals surface area contributed by atoms with Crippen molar-refractivity contribution in [1.29, 1.82) is 0 Å². The molecule has 0 radical (unpaired) electrons. The van der Waals surface area contributed by atoms with Crippen LogP contribution in [0.15, 0.2) is 18.2 Å². The largest absolute Gasteiger partial charge is 0.504 e. The first-order valence-corrected chi connectivity index (χ1v) is 5.78. The standard InChI is InChI=1S/C13H19NO4/c1-8(2)10(7-15)14-13(17)9-4-5-12(18-3)11(16)6-9/h4-6,8,10,15-16H,7H2,1-3H3,(H,14,17)/t10-/m1/s1. The van der Waals surface area contributed by atoms with E-state index in [0.29, 0.717) is 11.3 Å². The summed E-state index contributed by atoms with van der Waals surface area (Å²) in [6.07, 6.45) is 0. The zero-order chi connectivity index (χ0) is 13.7. The minimum Gasteiger partial charge on any atom is -0.504 e. The van der Waals surface area contributed by atoms with Gasteiger partial charge in [0.2, 0.25) is 0 Å². The predicted molar refractivity (Wildman–Crippen MR) is 67.8 cm³/mol. The van der Waals surface area contributed by atoms with Crippen molar-refractivity contribution in [2.45, 2.75) is 19.9 Å². The van der Waals surface area contributed by atoms with E-state index in [4.69, 9.17) is 9.84 Å². The predicted octanol–water partition coefficient (Wildman–Crippen LogP) is 1.15. The average Bonchev–Trinajstić information content (AvgIpc) is 2.35. The molecule has 0 heterocycles. The topological polar surface area (TPSA) is 78.8 Å². The molecule has 1 aromatic carbocycles. The Balaban J connectivity index is 2.81. The number of aliphatic hydroxyl groups is 1. The molecule has 0 saturated heterocycles. The van der Waals surface area contributed by atoms with Gasteiger partial charge >= 0.3 is 0 Å². The first-order chi connectivity index (χ1) is 8.49. The van der Waals surface area contributed by atoms with Crippen LogP contribution in [0.4, 0.5) is 0 Å². The number of amides is 1. The summed E-state index contributed by atoms with van der Waals surface area (Å²) in [5.41, 5.74) is 0.326. The van der Waals surface area contributed by atoms with Crippen LogP contribution < -0.4 is 10.1 Å². The number of benzene rings is 1. The Labute approximate surface area is 106 Å². The van der Waals surface area contributed by atoms with Crippen LogP contribution in [0.2, 0.25) is 0 Å². The molecule has 0 saturated carbocycles. The van der Waals surface area contributed by atoms with Gasteiger partial charge in [0.05, 0.1) is 19.8 Å². The Morgan fingerprint density at radius 1 is 1.44 bits per heavy atom. The highest BCUT2D eigenvalue weighted by Gasteiger charge is 2.17. The maximum Gasteiger partial charge on any atom is 0.251 e. The molecule has 5 heteroatoms. The number of phenols is 1. The Hall–Kier alpha value is -1.75. The Morgan fingerprint density at radius 3 is 2.56 bits per heavy atom. The maximum atomic E-state index is 11.9. The molecule has 1 atom stereocenters. The second kappa shape index (κ2) is 6.26. The quantitative estimate of drug-likeness (QED) is 0.735. The second-order valence-electron chi connectivity index (χ2n) is 4.39. The molecular weight excluding hydrogens is 234 g/mol. The smallest absolute Gasteiger partial charge is 0.251 e. The number of phenolic OH excluding ortho intramolecular Hbond substituents is 1. The molecule has 0 aliphatic rings. The van der Waals surface area contributed by atoms with Crippen LogP contribution in [-0.2, 0) is 0 Å². The fourth-order valence-corrected chi connectivity index (χ4v) is 1.51. The molecule has 0 unspecified atom stereocenters. The molecule has 1 aromatic rings. The molecule has 0 bridgehead atoms. The van der Waals surface area contributed by atoms with Gasteiger partial charge in [-0.1, -0.05) is 13.8 Å². The van der Waals surface area contributed by atoms with Gasteiger partial charge in [-0.05, 0) is 24.1 Å². The third kappa shape index (κ3) is 3.37. The second-order valence-corrected chi connectivity index (χ2v) is 4.39. The Kier molecular flexibility index (Phi) is 4.97. The van der Waals surface area contributed by atoms with Gasteiger partial charge in [-0.2, -0.15) is 0 Å². The molecule has 0 spiro atoms. The summed E-state index contributed by atoms with van der Waals surface area (Å²) in [6.45, 7) is 3.70. The third-order valence-electron chi connectivity index (χ3n) is 2.76. The van der Waals surface area contributed by atoms with Crippen molar-refractivity contribution in [3.63, 3.8) is 0 Å².